The second-order valence-electron chi connectivity index (χ2n) is 5.92. The highest BCUT2D eigenvalue weighted by Gasteiger charge is 2.35. The number of likely N-dealkylation sites (tertiary alicyclic amines) is 1. The first kappa shape index (κ1) is 14.9. The fourth-order valence-electron chi connectivity index (χ4n) is 3.68. The molecule has 5 heteroatoms. The third-order valence-electron chi connectivity index (χ3n) is 4.74. The van der Waals surface area contributed by atoms with Crippen LogP contribution in [0, 0.1) is 0 Å². The highest BCUT2D eigenvalue weighted by molar-refractivity contribution is 6.32. The second kappa shape index (κ2) is 6.03. The van der Waals surface area contributed by atoms with Crippen molar-refractivity contribution in [3.05, 3.63) is 22.7 Å². The molecule has 3 unspecified atom stereocenters. The van der Waals surface area contributed by atoms with Gasteiger partial charge in [0.25, 0.3) is 0 Å². The van der Waals surface area contributed by atoms with E-state index in [2.05, 4.69) is 18.7 Å². The average Bonchev–Trinajstić information content (AvgIpc) is 3.08. The van der Waals surface area contributed by atoms with E-state index in [1.807, 2.05) is 12.1 Å². The molecule has 0 spiro atoms. The van der Waals surface area contributed by atoms with Crippen molar-refractivity contribution in [2.45, 2.75) is 51.2 Å². The Kier molecular flexibility index (Phi) is 4.29. The van der Waals surface area contributed by atoms with Crippen molar-refractivity contribution in [2.24, 2.45) is 5.73 Å². The summed E-state index contributed by atoms with van der Waals surface area (Å²) in [5.41, 5.74) is 7.23. The lowest BCUT2D eigenvalue weighted by atomic mass is 10.0. The molecule has 1 saturated heterocycles. The average molecular weight is 311 g/mol. The minimum Gasteiger partial charge on any atom is -0.454 e. The summed E-state index contributed by atoms with van der Waals surface area (Å²) in [6, 6.07) is 5.33. The third-order valence-corrected chi connectivity index (χ3v) is 5.02. The predicted molar refractivity (Wildman–Crippen MR) is 84.0 cm³/mol. The van der Waals surface area contributed by atoms with Gasteiger partial charge in [0.1, 0.15) is 0 Å². The first-order valence-electron chi connectivity index (χ1n) is 7.72. The number of nitrogens with two attached hydrogens (primary N) is 1. The van der Waals surface area contributed by atoms with Crippen molar-refractivity contribution in [1.29, 1.82) is 0 Å². The summed E-state index contributed by atoms with van der Waals surface area (Å²) in [6.07, 6.45) is 3.62. The molecule has 0 radical (unpaired) electrons. The van der Waals surface area contributed by atoms with Gasteiger partial charge in [0.05, 0.1) is 5.02 Å². The molecular weight excluding hydrogens is 288 g/mol. The number of benzene rings is 1. The molecule has 116 valence electrons. The largest absolute Gasteiger partial charge is 0.454 e. The zero-order valence-corrected chi connectivity index (χ0v) is 13.4. The smallest absolute Gasteiger partial charge is 0.231 e. The lowest BCUT2D eigenvalue weighted by Gasteiger charge is -2.36. The van der Waals surface area contributed by atoms with E-state index < -0.39 is 0 Å². The molecule has 21 heavy (non-hydrogen) atoms. The fourth-order valence-corrected chi connectivity index (χ4v) is 3.95. The van der Waals surface area contributed by atoms with E-state index in [4.69, 9.17) is 26.8 Å². The molecular formula is C16H23ClN2O2. The highest BCUT2D eigenvalue weighted by Crippen LogP contribution is 2.43. The van der Waals surface area contributed by atoms with Gasteiger partial charge in [0.15, 0.2) is 11.5 Å². The van der Waals surface area contributed by atoms with Crippen LogP contribution in [0.2, 0.25) is 5.02 Å². The van der Waals surface area contributed by atoms with Crippen molar-refractivity contribution >= 4 is 11.6 Å². The second-order valence-corrected chi connectivity index (χ2v) is 6.33. The third kappa shape index (κ3) is 2.60. The Bertz CT molecular complexity index is 523. The molecule has 0 saturated carbocycles. The van der Waals surface area contributed by atoms with E-state index in [-0.39, 0.29) is 12.8 Å². The van der Waals surface area contributed by atoms with Gasteiger partial charge >= 0.3 is 0 Å². The van der Waals surface area contributed by atoms with Crippen LogP contribution in [0.1, 0.15) is 44.7 Å². The summed E-state index contributed by atoms with van der Waals surface area (Å²) in [4.78, 5) is 2.55. The fraction of sp³-hybridized carbons (Fsp3) is 0.625. The molecule has 3 rings (SSSR count). The summed E-state index contributed by atoms with van der Waals surface area (Å²) in [5.74, 6) is 1.38. The normalized spacial score (nSPS) is 26.3. The molecule has 0 bridgehead atoms. The molecule has 0 aliphatic carbocycles. The maximum Gasteiger partial charge on any atom is 0.231 e. The van der Waals surface area contributed by atoms with Gasteiger partial charge in [0.2, 0.25) is 6.79 Å². The molecule has 0 aromatic heterocycles. The Hall–Kier alpha value is -0.970. The number of fused-ring (bicyclic) bond motifs is 1. The monoisotopic (exact) mass is 310 g/mol. The van der Waals surface area contributed by atoms with Crippen LogP contribution in [-0.2, 0) is 0 Å². The van der Waals surface area contributed by atoms with Crippen LogP contribution in [0.5, 0.6) is 11.5 Å². The van der Waals surface area contributed by atoms with E-state index in [1.54, 1.807) is 0 Å². The molecule has 3 atom stereocenters. The Labute approximate surface area is 131 Å². The molecule has 1 aromatic carbocycles. The maximum atomic E-state index is 6.32. The Morgan fingerprint density at radius 3 is 2.90 bits per heavy atom. The van der Waals surface area contributed by atoms with Gasteiger partial charge in [-0.05, 0) is 43.9 Å². The molecule has 1 aromatic rings. The van der Waals surface area contributed by atoms with Gasteiger partial charge in [-0.2, -0.15) is 0 Å². The Morgan fingerprint density at radius 1 is 1.38 bits per heavy atom. The number of nitrogens with zero attached hydrogens (tertiary/aromatic N) is 1. The molecule has 4 nitrogen and oxygen atoms in total. The molecule has 2 heterocycles. The van der Waals surface area contributed by atoms with Crippen LogP contribution in [0.4, 0.5) is 0 Å². The lowest BCUT2D eigenvalue weighted by molar-refractivity contribution is 0.136. The van der Waals surface area contributed by atoms with Gasteiger partial charge in [-0.15, -0.1) is 0 Å². The predicted octanol–water partition coefficient (Wildman–Crippen LogP) is 3.33. The van der Waals surface area contributed by atoms with Crippen molar-refractivity contribution in [1.82, 2.24) is 4.90 Å². The number of hydrogen-bond donors (Lipinski definition) is 1. The molecule has 0 amide bonds. The zero-order chi connectivity index (χ0) is 15.0. The minimum absolute atomic E-state index is 0.180. The zero-order valence-electron chi connectivity index (χ0n) is 12.6. The van der Waals surface area contributed by atoms with E-state index in [0.29, 0.717) is 29.4 Å². The summed E-state index contributed by atoms with van der Waals surface area (Å²) in [6.45, 7) is 5.35. The van der Waals surface area contributed by atoms with E-state index in [9.17, 15) is 0 Å². The number of ether oxygens (including phenoxy) is 2. The van der Waals surface area contributed by atoms with E-state index in [0.717, 1.165) is 17.7 Å². The molecule has 2 aliphatic rings. The quantitative estimate of drug-likeness (QED) is 0.926. The van der Waals surface area contributed by atoms with Crippen LogP contribution in [-0.4, -0.2) is 30.3 Å². The molecule has 2 N–H and O–H groups in total. The number of rotatable bonds is 4. The number of hydrogen-bond acceptors (Lipinski definition) is 4. The summed E-state index contributed by atoms with van der Waals surface area (Å²) in [7, 11) is 0. The maximum absolute atomic E-state index is 6.32. The Balaban J connectivity index is 1.95. The lowest BCUT2D eigenvalue weighted by Crippen LogP contribution is -2.41. The summed E-state index contributed by atoms with van der Waals surface area (Å²) >= 11 is 6.32. The molecule has 1 fully saturated rings. The van der Waals surface area contributed by atoms with E-state index >= 15 is 0 Å². The minimum atomic E-state index is 0.180. The van der Waals surface area contributed by atoms with Gasteiger partial charge in [-0.3, -0.25) is 4.90 Å². The van der Waals surface area contributed by atoms with Crippen LogP contribution < -0.4 is 15.2 Å². The van der Waals surface area contributed by atoms with Gasteiger partial charge in [-0.25, -0.2) is 0 Å². The highest BCUT2D eigenvalue weighted by atomic mass is 35.5. The van der Waals surface area contributed by atoms with Crippen molar-refractivity contribution in [2.75, 3.05) is 13.3 Å². The number of halogens is 1. The standard InChI is InChI=1S/C16H23ClN2O2/c1-3-12-5-4-10(2)19(12)14(8-18)11-6-13(17)16-15(7-11)20-9-21-16/h6-7,10,12,14H,3-5,8-9,18H2,1-2H3. The first-order valence-corrected chi connectivity index (χ1v) is 8.10. The van der Waals surface area contributed by atoms with Gasteiger partial charge in [0, 0.05) is 24.7 Å². The van der Waals surface area contributed by atoms with Gasteiger partial charge in [-0.1, -0.05) is 18.5 Å². The van der Waals surface area contributed by atoms with Crippen LogP contribution in [0.15, 0.2) is 12.1 Å². The molecule has 2 aliphatic heterocycles. The SMILES string of the molecule is CCC1CCC(C)N1C(CN)c1cc(Cl)c2c(c1)OCO2. The Morgan fingerprint density at radius 2 is 2.19 bits per heavy atom. The van der Waals surface area contributed by atoms with Gasteiger partial charge < -0.3 is 15.2 Å². The summed E-state index contributed by atoms with van der Waals surface area (Å²) < 4.78 is 10.9. The van der Waals surface area contributed by atoms with Crippen LogP contribution in [0.25, 0.3) is 0 Å². The van der Waals surface area contributed by atoms with Crippen LogP contribution >= 0.6 is 11.6 Å². The van der Waals surface area contributed by atoms with Crippen molar-refractivity contribution in [3.8, 4) is 11.5 Å². The van der Waals surface area contributed by atoms with Crippen molar-refractivity contribution in [3.63, 3.8) is 0 Å². The van der Waals surface area contributed by atoms with Crippen molar-refractivity contribution < 1.29 is 9.47 Å². The topological polar surface area (TPSA) is 47.7 Å². The van der Waals surface area contributed by atoms with Crippen LogP contribution in [0.3, 0.4) is 0 Å². The summed E-state index contributed by atoms with van der Waals surface area (Å²) in [5, 5.41) is 0.610. The van der Waals surface area contributed by atoms with E-state index in [1.165, 1.54) is 12.8 Å². The first-order chi connectivity index (χ1) is 10.2.